The van der Waals surface area contributed by atoms with Gasteiger partial charge in [0.05, 0.1) is 5.92 Å². The van der Waals surface area contributed by atoms with E-state index >= 15 is 0 Å². The summed E-state index contributed by atoms with van der Waals surface area (Å²) in [5, 5.41) is 3.16. The zero-order chi connectivity index (χ0) is 20.9. The number of likely N-dealkylation sites (tertiary alicyclic amines) is 1. The number of hydrogen-bond acceptors (Lipinski definition) is 5. The van der Waals surface area contributed by atoms with Crippen molar-refractivity contribution in [1.29, 1.82) is 0 Å². The summed E-state index contributed by atoms with van der Waals surface area (Å²) in [6, 6.07) is 6.72. The number of nitrogens with zero attached hydrogens (tertiary/aromatic N) is 1. The summed E-state index contributed by atoms with van der Waals surface area (Å²) in [6.07, 6.45) is -0.370. The molecule has 0 spiro atoms. The number of anilines is 1. The monoisotopic (exact) mass is 410 g/mol. The molecule has 1 saturated heterocycles. The van der Waals surface area contributed by atoms with Gasteiger partial charge in [-0.2, -0.15) is 0 Å². The van der Waals surface area contributed by atoms with Crippen LogP contribution in [0.1, 0.15) is 40.5 Å². The van der Waals surface area contributed by atoms with E-state index < -0.39 is 23.6 Å². The number of halogens is 1. The highest BCUT2D eigenvalue weighted by Gasteiger charge is 2.32. The van der Waals surface area contributed by atoms with Crippen LogP contribution in [-0.2, 0) is 19.1 Å². The van der Waals surface area contributed by atoms with Crippen molar-refractivity contribution in [3.8, 4) is 0 Å². The fourth-order valence-electron chi connectivity index (χ4n) is 2.76. The summed E-state index contributed by atoms with van der Waals surface area (Å²) >= 11 is 5.89. The average molecular weight is 411 g/mol. The van der Waals surface area contributed by atoms with Crippen molar-refractivity contribution in [2.45, 2.75) is 52.2 Å². The van der Waals surface area contributed by atoms with Crippen LogP contribution in [0.25, 0.3) is 0 Å². The van der Waals surface area contributed by atoms with E-state index in [-0.39, 0.29) is 12.0 Å². The van der Waals surface area contributed by atoms with Crippen molar-refractivity contribution in [2.75, 3.05) is 18.4 Å². The van der Waals surface area contributed by atoms with Crippen LogP contribution in [-0.4, -0.2) is 47.7 Å². The third-order valence-electron chi connectivity index (χ3n) is 4.23. The van der Waals surface area contributed by atoms with Crippen molar-refractivity contribution in [3.63, 3.8) is 0 Å². The summed E-state index contributed by atoms with van der Waals surface area (Å²) in [5.41, 5.74) is -0.0235. The highest BCUT2D eigenvalue weighted by Crippen LogP contribution is 2.22. The molecule has 1 fully saturated rings. The van der Waals surface area contributed by atoms with E-state index in [1.54, 1.807) is 29.2 Å². The number of piperidine rings is 1. The molecule has 1 aliphatic heterocycles. The second-order valence-electron chi connectivity index (χ2n) is 7.82. The standard InChI is InChI=1S/C20H27ClN2O5/c1-13(17(24)22-16-7-5-6-15(21)12-16)27-18(25)14-8-10-23(11-9-14)19(26)28-20(2,3)4/h5-7,12-14H,8-11H2,1-4H3,(H,22,24)/t13-/m1/s1. The fourth-order valence-corrected chi connectivity index (χ4v) is 2.95. The van der Waals surface area contributed by atoms with E-state index in [1.165, 1.54) is 6.92 Å². The van der Waals surface area contributed by atoms with E-state index in [1.807, 2.05) is 20.8 Å². The Labute approximate surface area is 170 Å². The van der Waals surface area contributed by atoms with Crippen molar-refractivity contribution in [1.82, 2.24) is 4.90 Å². The molecular formula is C20H27ClN2O5. The minimum atomic E-state index is -0.935. The molecule has 0 radical (unpaired) electrons. The lowest BCUT2D eigenvalue weighted by Crippen LogP contribution is -2.43. The highest BCUT2D eigenvalue weighted by atomic mass is 35.5. The molecule has 0 aromatic heterocycles. The van der Waals surface area contributed by atoms with Crippen LogP contribution in [0.4, 0.5) is 10.5 Å². The van der Waals surface area contributed by atoms with Crippen LogP contribution in [0.3, 0.4) is 0 Å². The minimum Gasteiger partial charge on any atom is -0.452 e. The predicted molar refractivity (Wildman–Crippen MR) is 106 cm³/mol. The number of esters is 1. The molecule has 1 heterocycles. The Balaban J connectivity index is 1.80. The van der Waals surface area contributed by atoms with Crippen LogP contribution in [0.5, 0.6) is 0 Å². The SMILES string of the molecule is C[C@@H](OC(=O)C1CCN(C(=O)OC(C)(C)C)CC1)C(=O)Nc1cccc(Cl)c1. The number of carbonyl (C=O) groups is 3. The molecule has 8 heteroatoms. The number of carbonyl (C=O) groups excluding carboxylic acids is 3. The van der Waals surface area contributed by atoms with Crippen LogP contribution in [0.2, 0.25) is 5.02 Å². The van der Waals surface area contributed by atoms with Gasteiger partial charge in [-0.15, -0.1) is 0 Å². The first kappa shape index (κ1) is 22.0. The average Bonchev–Trinajstić information content (AvgIpc) is 2.60. The maximum atomic E-state index is 12.4. The lowest BCUT2D eigenvalue weighted by Gasteiger charge is -2.32. The van der Waals surface area contributed by atoms with Gasteiger partial charge in [0.1, 0.15) is 5.60 Å². The first-order valence-electron chi connectivity index (χ1n) is 9.30. The van der Waals surface area contributed by atoms with Gasteiger partial charge in [0.2, 0.25) is 0 Å². The molecule has 1 N–H and O–H groups in total. The quantitative estimate of drug-likeness (QED) is 0.762. The molecule has 154 valence electrons. The van der Waals surface area contributed by atoms with Gasteiger partial charge in [-0.05, 0) is 58.7 Å². The van der Waals surface area contributed by atoms with E-state index in [4.69, 9.17) is 21.1 Å². The lowest BCUT2D eigenvalue weighted by atomic mass is 9.97. The molecule has 7 nitrogen and oxygen atoms in total. The summed E-state index contributed by atoms with van der Waals surface area (Å²) in [4.78, 5) is 38.2. The maximum Gasteiger partial charge on any atom is 0.410 e. The molecule has 1 aliphatic rings. The maximum absolute atomic E-state index is 12.4. The Morgan fingerprint density at radius 2 is 1.86 bits per heavy atom. The summed E-state index contributed by atoms with van der Waals surface area (Å²) in [6.45, 7) is 7.78. The third kappa shape index (κ3) is 6.71. The van der Waals surface area contributed by atoms with Gasteiger partial charge in [-0.25, -0.2) is 4.79 Å². The van der Waals surface area contributed by atoms with Gasteiger partial charge in [0.15, 0.2) is 6.10 Å². The molecule has 0 unspecified atom stereocenters. The van der Waals surface area contributed by atoms with Crippen LogP contribution in [0.15, 0.2) is 24.3 Å². The molecule has 1 aromatic rings. The molecule has 0 bridgehead atoms. The zero-order valence-electron chi connectivity index (χ0n) is 16.7. The molecule has 1 aromatic carbocycles. The van der Waals surface area contributed by atoms with Crippen LogP contribution < -0.4 is 5.32 Å². The summed E-state index contributed by atoms with van der Waals surface area (Å²) in [5.74, 6) is -1.21. The Hall–Kier alpha value is -2.28. The second-order valence-corrected chi connectivity index (χ2v) is 8.26. The first-order valence-corrected chi connectivity index (χ1v) is 9.68. The predicted octanol–water partition coefficient (Wildman–Crippen LogP) is 3.86. The van der Waals surface area contributed by atoms with Crippen molar-refractivity contribution >= 4 is 35.3 Å². The smallest absolute Gasteiger partial charge is 0.410 e. The zero-order valence-corrected chi connectivity index (χ0v) is 17.4. The number of benzene rings is 1. The van der Waals surface area contributed by atoms with Crippen LogP contribution in [0, 0.1) is 5.92 Å². The van der Waals surface area contributed by atoms with Crippen LogP contribution >= 0.6 is 11.6 Å². The van der Waals surface area contributed by atoms with Gasteiger partial charge >= 0.3 is 12.1 Å². The molecular weight excluding hydrogens is 384 g/mol. The van der Waals surface area contributed by atoms with E-state index in [2.05, 4.69) is 5.32 Å². The van der Waals surface area contributed by atoms with Crippen molar-refractivity contribution in [2.24, 2.45) is 5.92 Å². The number of hydrogen-bond donors (Lipinski definition) is 1. The first-order chi connectivity index (χ1) is 13.0. The van der Waals surface area contributed by atoms with E-state index in [9.17, 15) is 14.4 Å². The molecule has 0 aliphatic carbocycles. The molecule has 2 amide bonds. The van der Waals surface area contributed by atoms with Gasteiger partial charge in [-0.1, -0.05) is 17.7 Å². The Kier molecular flexibility index (Phi) is 7.29. The van der Waals surface area contributed by atoms with Crippen molar-refractivity contribution in [3.05, 3.63) is 29.3 Å². The van der Waals surface area contributed by atoms with Gasteiger partial charge in [0.25, 0.3) is 5.91 Å². The van der Waals surface area contributed by atoms with Gasteiger partial charge in [-0.3, -0.25) is 9.59 Å². The highest BCUT2D eigenvalue weighted by molar-refractivity contribution is 6.30. The third-order valence-corrected chi connectivity index (χ3v) is 4.47. The summed E-state index contributed by atoms with van der Waals surface area (Å²) < 4.78 is 10.7. The van der Waals surface area contributed by atoms with Gasteiger partial charge < -0.3 is 19.7 Å². The molecule has 0 saturated carbocycles. The number of ether oxygens (including phenoxy) is 2. The van der Waals surface area contributed by atoms with E-state index in [0.29, 0.717) is 36.6 Å². The molecule has 28 heavy (non-hydrogen) atoms. The van der Waals surface area contributed by atoms with E-state index in [0.717, 1.165) is 0 Å². The Morgan fingerprint density at radius 3 is 2.43 bits per heavy atom. The number of rotatable bonds is 4. The largest absolute Gasteiger partial charge is 0.452 e. The lowest BCUT2D eigenvalue weighted by molar-refractivity contribution is -0.158. The topological polar surface area (TPSA) is 84.9 Å². The molecule has 1 atom stereocenters. The number of amides is 2. The molecule has 2 rings (SSSR count). The fraction of sp³-hybridized carbons (Fsp3) is 0.550. The van der Waals surface area contributed by atoms with Crippen molar-refractivity contribution < 1.29 is 23.9 Å². The second kappa shape index (κ2) is 9.28. The van der Waals surface area contributed by atoms with Gasteiger partial charge in [0, 0.05) is 23.8 Å². The normalized spacial score (nSPS) is 16.2. The Bertz CT molecular complexity index is 724. The summed E-state index contributed by atoms with van der Waals surface area (Å²) in [7, 11) is 0. The Morgan fingerprint density at radius 1 is 1.21 bits per heavy atom. The number of nitrogens with one attached hydrogen (secondary N) is 1. The minimum absolute atomic E-state index is 0.347.